The third kappa shape index (κ3) is 4.37. The predicted octanol–water partition coefficient (Wildman–Crippen LogP) is 2.01. The SMILES string of the molecule is CC(CCC(=O)O)NC(=O)c1cc(N)ccc1Br. The Bertz CT molecular complexity index is 463. The number of carboxylic acids is 1. The van der Waals surface area contributed by atoms with Crippen molar-refractivity contribution in [2.75, 3.05) is 5.73 Å². The van der Waals surface area contributed by atoms with E-state index in [4.69, 9.17) is 10.8 Å². The molecule has 0 heterocycles. The number of carbonyl (C=O) groups excluding carboxylic acids is 1. The summed E-state index contributed by atoms with van der Waals surface area (Å²) in [4.78, 5) is 22.4. The summed E-state index contributed by atoms with van der Waals surface area (Å²) in [6, 6.07) is 4.76. The Morgan fingerprint density at radius 2 is 2.17 bits per heavy atom. The van der Waals surface area contributed by atoms with Crippen LogP contribution in [0.5, 0.6) is 0 Å². The van der Waals surface area contributed by atoms with Crippen LogP contribution in [0.3, 0.4) is 0 Å². The van der Waals surface area contributed by atoms with Gasteiger partial charge in [0, 0.05) is 22.6 Å². The van der Waals surface area contributed by atoms with Crippen LogP contribution in [0.25, 0.3) is 0 Å². The van der Waals surface area contributed by atoms with Crippen LogP contribution in [0.1, 0.15) is 30.1 Å². The summed E-state index contributed by atoms with van der Waals surface area (Å²) in [5.41, 5.74) is 6.56. The molecule has 0 radical (unpaired) electrons. The first-order valence-corrected chi connectivity index (χ1v) is 6.27. The molecule has 0 aromatic heterocycles. The molecular formula is C12H15BrN2O3. The summed E-state index contributed by atoms with van der Waals surface area (Å²) in [6.45, 7) is 1.76. The lowest BCUT2D eigenvalue weighted by Gasteiger charge is -2.13. The highest BCUT2D eigenvalue weighted by Gasteiger charge is 2.13. The smallest absolute Gasteiger partial charge is 0.303 e. The third-order valence-electron chi connectivity index (χ3n) is 2.40. The number of anilines is 1. The molecule has 0 spiro atoms. The molecule has 1 rings (SSSR count). The summed E-state index contributed by atoms with van der Waals surface area (Å²) in [6.07, 6.45) is 0.417. The van der Waals surface area contributed by atoms with Gasteiger partial charge in [0.2, 0.25) is 0 Å². The quantitative estimate of drug-likeness (QED) is 0.725. The van der Waals surface area contributed by atoms with E-state index in [0.717, 1.165) is 0 Å². The van der Waals surface area contributed by atoms with E-state index in [-0.39, 0.29) is 18.4 Å². The number of carbonyl (C=O) groups is 2. The normalized spacial score (nSPS) is 11.9. The second-order valence-electron chi connectivity index (χ2n) is 4.05. The van der Waals surface area contributed by atoms with Crippen molar-refractivity contribution in [1.29, 1.82) is 0 Å². The van der Waals surface area contributed by atoms with Crippen molar-refractivity contribution in [1.82, 2.24) is 5.32 Å². The molecule has 1 unspecified atom stereocenters. The number of nitrogens with one attached hydrogen (secondary N) is 1. The van der Waals surface area contributed by atoms with E-state index in [1.54, 1.807) is 25.1 Å². The number of hydrogen-bond acceptors (Lipinski definition) is 3. The number of carboxylic acid groups (broad SMARTS) is 1. The number of aliphatic carboxylic acids is 1. The topological polar surface area (TPSA) is 92.4 Å². The molecule has 0 fully saturated rings. The van der Waals surface area contributed by atoms with Crippen LogP contribution in [0.15, 0.2) is 22.7 Å². The second-order valence-corrected chi connectivity index (χ2v) is 4.90. The molecule has 98 valence electrons. The molecule has 1 atom stereocenters. The lowest BCUT2D eigenvalue weighted by molar-refractivity contribution is -0.137. The number of amides is 1. The maximum absolute atomic E-state index is 11.9. The van der Waals surface area contributed by atoms with Gasteiger partial charge in [0.15, 0.2) is 0 Å². The van der Waals surface area contributed by atoms with Gasteiger partial charge in [-0.1, -0.05) is 0 Å². The van der Waals surface area contributed by atoms with Crippen molar-refractivity contribution in [2.45, 2.75) is 25.8 Å². The average Bonchev–Trinajstić information content (AvgIpc) is 2.29. The van der Waals surface area contributed by atoms with Gasteiger partial charge in [-0.2, -0.15) is 0 Å². The summed E-state index contributed by atoms with van der Waals surface area (Å²) in [5, 5.41) is 11.3. The highest BCUT2D eigenvalue weighted by atomic mass is 79.9. The van der Waals surface area contributed by atoms with E-state index < -0.39 is 5.97 Å². The molecule has 0 aliphatic carbocycles. The molecule has 1 aromatic rings. The fraction of sp³-hybridized carbons (Fsp3) is 0.333. The van der Waals surface area contributed by atoms with Gasteiger partial charge < -0.3 is 16.2 Å². The third-order valence-corrected chi connectivity index (χ3v) is 3.10. The van der Waals surface area contributed by atoms with Gasteiger partial charge in [0.25, 0.3) is 5.91 Å². The molecule has 5 nitrogen and oxygen atoms in total. The molecule has 1 amide bonds. The van der Waals surface area contributed by atoms with E-state index >= 15 is 0 Å². The van der Waals surface area contributed by atoms with Crippen LogP contribution in [-0.4, -0.2) is 23.0 Å². The summed E-state index contributed by atoms with van der Waals surface area (Å²) >= 11 is 3.27. The van der Waals surface area contributed by atoms with Gasteiger partial charge in [0.1, 0.15) is 0 Å². The molecular weight excluding hydrogens is 300 g/mol. The van der Waals surface area contributed by atoms with Gasteiger partial charge in [-0.15, -0.1) is 0 Å². The minimum atomic E-state index is -0.874. The molecule has 1 aromatic carbocycles. The number of nitrogen functional groups attached to an aromatic ring is 1. The summed E-state index contributed by atoms with van der Waals surface area (Å²) < 4.78 is 0.652. The Kier molecular flexibility index (Phi) is 5.15. The Morgan fingerprint density at radius 3 is 2.78 bits per heavy atom. The molecule has 4 N–H and O–H groups in total. The van der Waals surface area contributed by atoms with Crippen LogP contribution in [-0.2, 0) is 4.79 Å². The first-order valence-electron chi connectivity index (χ1n) is 5.48. The van der Waals surface area contributed by atoms with Gasteiger partial charge in [0.05, 0.1) is 5.56 Å². The van der Waals surface area contributed by atoms with Crippen LogP contribution < -0.4 is 11.1 Å². The predicted molar refractivity (Wildman–Crippen MR) is 72.4 cm³/mol. The molecule has 6 heteroatoms. The first-order chi connectivity index (χ1) is 8.40. The van der Waals surface area contributed by atoms with E-state index in [1.165, 1.54) is 0 Å². The monoisotopic (exact) mass is 314 g/mol. The van der Waals surface area contributed by atoms with Crippen molar-refractivity contribution in [3.63, 3.8) is 0 Å². The lowest BCUT2D eigenvalue weighted by Crippen LogP contribution is -2.33. The van der Waals surface area contributed by atoms with E-state index in [9.17, 15) is 9.59 Å². The van der Waals surface area contributed by atoms with Crippen molar-refractivity contribution < 1.29 is 14.7 Å². The second kappa shape index (κ2) is 6.39. The number of nitrogens with two attached hydrogens (primary N) is 1. The zero-order valence-corrected chi connectivity index (χ0v) is 11.5. The van der Waals surface area contributed by atoms with E-state index in [1.807, 2.05) is 0 Å². The number of benzene rings is 1. The van der Waals surface area contributed by atoms with Crippen LogP contribution in [0.4, 0.5) is 5.69 Å². The first kappa shape index (κ1) is 14.5. The molecule has 0 saturated carbocycles. The minimum Gasteiger partial charge on any atom is -0.481 e. The Morgan fingerprint density at radius 1 is 1.50 bits per heavy atom. The fourth-order valence-electron chi connectivity index (χ4n) is 1.43. The maximum atomic E-state index is 11.9. The van der Waals surface area contributed by atoms with Crippen molar-refractivity contribution in [2.24, 2.45) is 0 Å². The summed E-state index contributed by atoms with van der Waals surface area (Å²) in [7, 11) is 0. The number of rotatable bonds is 5. The number of hydrogen-bond donors (Lipinski definition) is 3. The molecule has 0 bridgehead atoms. The zero-order chi connectivity index (χ0) is 13.7. The van der Waals surface area contributed by atoms with Gasteiger partial charge in [-0.3, -0.25) is 9.59 Å². The molecule has 0 aliphatic rings. The van der Waals surface area contributed by atoms with Gasteiger partial charge in [-0.25, -0.2) is 0 Å². The molecule has 18 heavy (non-hydrogen) atoms. The van der Waals surface area contributed by atoms with E-state index in [2.05, 4.69) is 21.2 Å². The Balaban J connectivity index is 2.64. The fourth-order valence-corrected chi connectivity index (χ4v) is 1.86. The van der Waals surface area contributed by atoms with Gasteiger partial charge >= 0.3 is 5.97 Å². The van der Waals surface area contributed by atoms with Crippen LogP contribution in [0.2, 0.25) is 0 Å². The van der Waals surface area contributed by atoms with Crippen LogP contribution in [0, 0.1) is 0 Å². The maximum Gasteiger partial charge on any atom is 0.303 e. The molecule has 0 aliphatic heterocycles. The standard InChI is InChI=1S/C12H15BrN2O3/c1-7(2-5-11(16)17)15-12(18)9-6-8(14)3-4-10(9)13/h3-4,6-7H,2,5,14H2,1H3,(H,15,18)(H,16,17). The molecule has 0 saturated heterocycles. The number of halogens is 1. The largest absolute Gasteiger partial charge is 0.481 e. The Hall–Kier alpha value is -1.56. The zero-order valence-electron chi connectivity index (χ0n) is 9.94. The van der Waals surface area contributed by atoms with Crippen molar-refractivity contribution >= 4 is 33.5 Å². The highest BCUT2D eigenvalue weighted by molar-refractivity contribution is 9.10. The van der Waals surface area contributed by atoms with Crippen molar-refractivity contribution in [3.05, 3.63) is 28.2 Å². The lowest BCUT2D eigenvalue weighted by atomic mass is 10.1. The van der Waals surface area contributed by atoms with Gasteiger partial charge in [-0.05, 0) is 47.5 Å². The van der Waals surface area contributed by atoms with E-state index in [0.29, 0.717) is 22.1 Å². The van der Waals surface area contributed by atoms with Crippen LogP contribution >= 0.6 is 15.9 Å². The van der Waals surface area contributed by atoms with Crippen molar-refractivity contribution in [3.8, 4) is 0 Å². The Labute approximate surface area is 113 Å². The summed E-state index contributed by atoms with van der Waals surface area (Å²) in [5.74, 6) is -1.15. The highest BCUT2D eigenvalue weighted by Crippen LogP contribution is 2.19. The average molecular weight is 315 g/mol. The minimum absolute atomic E-state index is 0.0273.